The second kappa shape index (κ2) is 10.7. The van der Waals surface area contributed by atoms with E-state index in [2.05, 4.69) is 114 Å². The van der Waals surface area contributed by atoms with Gasteiger partial charge in [0.05, 0.1) is 5.82 Å². The number of aryl methyl sites for hydroxylation is 5. The predicted molar refractivity (Wildman–Crippen MR) is 145 cm³/mol. The molecule has 3 rings (SSSR count). The number of nitrogens with one attached hydrogen (secondary N) is 2. The first kappa shape index (κ1) is 24.6. The van der Waals surface area contributed by atoms with E-state index in [1.54, 1.807) is 0 Å². The van der Waals surface area contributed by atoms with E-state index in [4.69, 9.17) is 0 Å². The third kappa shape index (κ3) is 6.28. The van der Waals surface area contributed by atoms with Gasteiger partial charge in [-0.25, -0.2) is 0 Å². The van der Waals surface area contributed by atoms with Crippen molar-refractivity contribution in [2.75, 3.05) is 5.32 Å². The smallest absolute Gasteiger partial charge is 0.0959 e. The van der Waals surface area contributed by atoms with Crippen molar-refractivity contribution in [3.63, 3.8) is 0 Å². The summed E-state index contributed by atoms with van der Waals surface area (Å²) in [4.78, 5) is 0. The zero-order valence-corrected chi connectivity index (χ0v) is 21.5. The van der Waals surface area contributed by atoms with Crippen LogP contribution in [0.4, 0.5) is 5.69 Å². The van der Waals surface area contributed by atoms with Crippen LogP contribution in [0.2, 0.25) is 0 Å². The molecular weight excluding hydrogens is 400 g/mol. The van der Waals surface area contributed by atoms with Crippen LogP contribution >= 0.6 is 0 Å². The monoisotopic (exact) mass is 440 g/mol. The van der Waals surface area contributed by atoms with Gasteiger partial charge >= 0.3 is 0 Å². The number of hydrogen-bond donors (Lipinski definition) is 2. The maximum Gasteiger partial charge on any atom is 0.0959 e. The molecule has 33 heavy (non-hydrogen) atoms. The summed E-state index contributed by atoms with van der Waals surface area (Å²) in [6, 6.07) is 17.9. The highest BCUT2D eigenvalue weighted by atomic mass is 15.1. The SMILES string of the molecule is C=C(NCc1cc(C)c(-c2c(C)cc(C)cc2C)cc1C)Nc1ccc(CC(C)CC)cc1. The van der Waals surface area contributed by atoms with Crippen molar-refractivity contribution in [1.82, 2.24) is 5.32 Å². The van der Waals surface area contributed by atoms with Gasteiger partial charge in [0.1, 0.15) is 0 Å². The Bertz CT molecular complexity index is 1100. The number of anilines is 1. The van der Waals surface area contributed by atoms with E-state index in [-0.39, 0.29) is 0 Å². The summed E-state index contributed by atoms with van der Waals surface area (Å²) in [5.41, 5.74) is 13.1. The minimum atomic E-state index is 0.720. The third-order valence-corrected chi connectivity index (χ3v) is 6.65. The van der Waals surface area contributed by atoms with Gasteiger partial charge in [-0.1, -0.05) is 68.8 Å². The number of hydrogen-bond acceptors (Lipinski definition) is 2. The third-order valence-electron chi connectivity index (χ3n) is 6.65. The van der Waals surface area contributed by atoms with E-state index < -0.39 is 0 Å². The molecule has 0 aliphatic heterocycles. The topological polar surface area (TPSA) is 24.1 Å². The summed E-state index contributed by atoms with van der Waals surface area (Å²) < 4.78 is 0. The van der Waals surface area contributed by atoms with E-state index in [0.717, 1.165) is 30.4 Å². The lowest BCUT2D eigenvalue weighted by atomic mass is 9.89. The molecule has 0 amide bonds. The Kier molecular flexibility index (Phi) is 8.02. The van der Waals surface area contributed by atoms with E-state index in [0.29, 0.717) is 0 Å². The summed E-state index contributed by atoms with van der Waals surface area (Å²) in [5, 5.41) is 6.85. The molecule has 0 bridgehead atoms. The van der Waals surface area contributed by atoms with E-state index in [1.807, 2.05) is 0 Å². The molecule has 0 aromatic heterocycles. The van der Waals surface area contributed by atoms with Gasteiger partial charge in [0, 0.05) is 12.2 Å². The van der Waals surface area contributed by atoms with E-state index in [1.165, 1.54) is 56.5 Å². The first-order valence-electron chi connectivity index (χ1n) is 12.1. The van der Waals surface area contributed by atoms with Crippen molar-refractivity contribution < 1.29 is 0 Å². The van der Waals surface area contributed by atoms with Gasteiger partial charge in [0.25, 0.3) is 0 Å². The van der Waals surface area contributed by atoms with Crippen molar-refractivity contribution in [2.24, 2.45) is 5.92 Å². The summed E-state index contributed by atoms with van der Waals surface area (Å²) in [7, 11) is 0. The lowest BCUT2D eigenvalue weighted by Crippen LogP contribution is -2.19. The van der Waals surface area contributed by atoms with Crippen LogP contribution in [0.25, 0.3) is 11.1 Å². The summed E-state index contributed by atoms with van der Waals surface area (Å²) >= 11 is 0. The van der Waals surface area contributed by atoms with Crippen LogP contribution < -0.4 is 10.6 Å². The van der Waals surface area contributed by atoms with Crippen LogP contribution in [0, 0.1) is 40.5 Å². The Morgan fingerprint density at radius 2 is 1.48 bits per heavy atom. The highest BCUT2D eigenvalue weighted by Crippen LogP contribution is 2.32. The molecule has 0 spiro atoms. The Hall–Kier alpha value is -3.00. The Labute approximate surface area is 201 Å². The zero-order valence-electron chi connectivity index (χ0n) is 21.5. The van der Waals surface area contributed by atoms with Crippen molar-refractivity contribution in [3.8, 4) is 11.1 Å². The highest BCUT2D eigenvalue weighted by molar-refractivity contribution is 5.75. The van der Waals surface area contributed by atoms with Gasteiger partial charge in [0.15, 0.2) is 0 Å². The minimum Gasteiger partial charge on any atom is -0.368 e. The van der Waals surface area contributed by atoms with Crippen LogP contribution in [0.15, 0.2) is 60.9 Å². The van der Waals surface area contributed by atoms with Crippen LogP contribution in [-0.2, 0) is 13.0 Å². The fraction of sp³-hybridized carbons (Fsp3) is 0.355. The van der Waals surface area contributed by atoms with Gasteiger partial charge in [0.2, 0.25) is 0 Å². The highest BCUT2D eigenvalue weighted by Gasteiger charge is 2.12. The molecule has 3 aromatic carbocycles. The standard InChI is InChI=1S/C31H40N2/c1-9-20(2)16-27-10-12-29(13-11-27)33-26(8)32-19-28-17-23(5)30(18-22(28)4)31-24(6)14-21(3)15-25(31)7/h10-15,17-18,20,32-33H,8-9,16,19H2,1-7H3. The molecule has 0 aliphatic carbocycles. The molecule has 174 valence electrons. The van der Waals surface area contributed by atoms with Crippen molar-refractivity contribution >= 4 is 5.69 Å². The second-order valence-electron chi connectivity index (χ2n) is 9.74. The maximum atomic E-state index is 4.18. The molecule has 2 N–H and O–H groups in total. The molecule has 1 unspecified atom stereocenters. The lowest BCUT2D eigenvalue weighted by Gasteiger charge is -2.18. The first-order chi connectivity index (χ1) is 15.7. The second-order valence-corrected chi connectivity index (χ2v) is 9.74. The van der Waals surface area contributed by atoms with Gasteiger partial charge in [-0.2, -0.15) is 0 Å². The maximum absolute atomic E-state index is 4.18. The van der Waals surface area contributed by atoms with Gasteiger partial charge in [-0.05, 0) is 104 Å². The molecule has 2 heteroatoms. The quantitative estimate of drug-likeness (QED) is 0.351. The summed E-state index contributed by atoms with van der Waals surface area (Å²) in [6.07, 6.45) is 2.34. The fourth-order valence-corrected chi connectivity index (χ4v) is 4.63. The molecule has 0 heterocycles. The van der Waals surface area contributed by atoms with Crippen LogP contribution in [0.5, 0.6) is 0 Å². The number of rotatable bonds is 9. The summed E-state index contributed by atoms with van der Waals surface area (Å²) in [5.74, 6) is 1.54. The molecule has 0 saturated carbocycles. The minimum absolute atomic E-state index is 0.720. The zero-order chi connectivity index (χ0) is 24.1. The predicted octanol–water partition coefficient (Wildman–Crippen LogP) is 8.16. The fourth-order valence-electron chi connectivity index (χ4n) is 4.63. The lowest BCUT2D eigenvalue weighted by molar-refractivity contribution is 0.560. The Morgan fingerprint density at radius 1 is 0.848 bits per heavy atom. The van der Waals surface area contributed by atoms with Gasteiger partial charge in [-0.15, -0.1) is 0 Å². The van der Waals surface area contributed by atoms with Crippen LogP contribution in [0.3, 0.4) is 0 Å². The Morgan fingerprint density at radius 3 is 2.09 bits per heavy atom. The largest absolute Gasteiger partial charge is 0.368 e. The van der Waals surface area contributed by atoms with Crippen molar-refractivity contribution in [3.05, 3.63) is 99.9 Å². The van der Waals surface area contributed by atoms with Crippen LogP contribution in [-0.4, -0.2) is 0 Å². The molecule has 0 fully saturated rings. The molecule has 0 aliphatic rings. The normalized spacial score (nSPS) is 11.8. The average molecular weight is 441 g/mol. The molecule has 3 aromatic rings. The molecule has 2 nitrogen and oxygen atoms in total. The summed E-state index contributed by atoms with van der Waals surface area (Å²) in [6.45, 7) is 20.5. The number of benzene rings is 3. The van der Waals surface area contributed by atoms with Crippen LogP contribution in [0.1, 0.15) is 59.2 Å². The van der Waals surface area contributed by atoms with Crippen molar-refractivity contribution in [2.45, 2.75) is 67.9 Å². The average Bonchev–Trinajstić information content (AvgIpc) is 2.75. The van der Waals surface area contributed by atoms with E-state index in [9.17, 15) is 0 Å². The van der Waals surface area contributed by atoms with Crippen molar-refractivity contribution in [1.29, 1.82) is 0 Å². The van der Waals surface area contributed by atoms with Gasteiger partial charge < -0.3 is 10.6 Å². The molecule has 0 radical (unpaired) electrons. The molecular formula is C31H40N2. The van der Waals surface area contributed by atoms with Gasteiger partial charge in [-0.3, -0.25) is 0 Å². The molecule has 0 saturated heterocycles. The van der Waals surface area contributed by atoms with E-state index >= 15 is 0 Å². The Balaban J connectivity index is 1.66. The molecule has 1 atom stereocenters. The first-order valence-corrected chi connectivity index (χ1v) is 12.1.